The zero-order valence-electron chi connectivity index (χ0n) is 17.3. The molecule has 1 amide bonds. The summed E-state index contributed by atoms with van der Waals surface area (Å²) in [6, 6.07) is 7.18. The van der Waals surface area contributed by atoms with Gasteiger partial charge in [0.15, 0.2) is 5.11 Å². The van der Waals surface area contributed by atoms with Crippen molar-refractivity contribution < 1.29 is 23.9 Å². The van der Waals surface area contributed by atoms with E-state index in [0.29, 0.717) is 16.1 Å². The highest BCUT2D eigenvalue weighted by molar-refractivity contribution is 7.80. The molecule has 30 heavy (non-hydrogen) atoms. The van der Waals surface area contributed by atoms with Crippen molar-refractivity contribution >= 4 is 51.5 Å². The molecule has 0 aliphatic heterocycles. The largest absolute Gasteiger partial charge is 0.462 e. The molecule has 1 heterocycles. The van der Waals surface area contributed by atoms with Crippen molar-refractivity contribution in [2.75, 3.05) is 18.5 Å². The molecule has 0 aliphatic carbocycles. The Morgan fingerprint density at radius 2 is 1.60 bits per heavy atom. The molecule has 0 radical (unpaired) electrons. The van der Waals surface area contributed by atoms with Crippen LogP contribution in [0.3, 0.4) is 0 Å². The number of carbonyl (C=O) groups is 3. The highest BCUT2D eigenvalue weighted by Crippen LogP contribution is 2.34. The van der Waals surface area contributed by atoms with Gasteiger partial charge in [-0.3, -0.25) is 10.1 Å². The van der Waals surface area contributed by atoms with Crippen LogP contribution in [0.5, 0.6) is 0 Å². The van der Waals surface area contributed by atoms with Crippen molar-refractivity contribution in [1.82, 2.24) is 5.32 Å². The monoisotopic (exact) mass is 448 g/mol. The number of hydrogen-bond acceptors (Lipinski definition) is 7. The zero-order chi connectivity index (χ0) is 22.3. The van der Waals surface area contributed by atoms with E-state index in [-0.39, 0.29) is 34.7 Å². The van der Waals surface area contributed by atoms with Crippen LogP contribution in [0.25, 0.3) is 0 Å². The van der Waals surface area contributed by atoms with Gasteiger partial charge in [0.25, 0.3) is 5.91 Å². The number of hydrogen-bond donors (Lipinski definition) is 2. The predicted molar refractivity (Wildman–Crippen MR) is 120 cm³/mol. The first-order valence-electron chi connectivity index (χ1n) is 9.51. The Kier molecular flexibility index (Phi) is 8.49. The zero-order valence-corrected chi connectivity index (χ0v) is 18.9. The summed E-state index contributed by atoms with van der Waals surface area (Å²) in [4.78, 5) is 37.3. The lowest BCUT2D eigenvalue weighted by Crippen LogP contribution is -2.34. The van der Waals surface area contributed by atoms with Crippen LogP contribution in [0, 0.1) is 6.92 Å². The van der Waals surface area contributed by atoms with E-state index in [4.69, 9.17) is 21.7 Å². The van der Waals surface area contributed by atoms with Gasteiger partial charge in [-0.05, 0) is 62.7 Å². The number of esters is 2. The third kappa shape index (κ3) is 5.64. The summed E-state index contributed by atoms with van der Waals surface area (Å²) in [6.07, 6.45) is 0.874. The average Bonchev–Trinajstić information content (AvgIpc) is 3.04. The third-order valence-corrected chi connectivity index (χ3v) is 5.56. The highest BCUT2D eigenvalue weighted by Gasteiger charge is 2.27. The van der Waals surface area contributed by atoms with Crippen LogP contribution >= 0.6 is 23.6 Å². The lowest BCUT2D eigenvalue weighted by molar-refractivity contribution is 0.0527. The van der Waals surface area contributed by atoms with E-state index in [1.165, 1.54) is 0 Å². The van der Waals surface area contributed by atoms with Gasteiger partial charge in [-0.1, -0.05) is 19.1 Å². The van der Waals surface area contributed by atoms with Gasteiger partial charge in [0.05, 0.1) is 18.8 Å². The minimum Gasteiger partial charge on any atom is -0.462 e. The first-order chi connectivity index (χ1) is 14.3. The minimum atomic E-state index is -0.589. The van der Waals surface area contributed by atoms with E-state index in [1.54, 1.807) is 32.9 Å². The van der Waals surface area contributed by atoms with Crippen LogP contribution in [0.2, 0.25) is 0 Å². The van der Waals surface area contributed by atoms with Gasteiger partial charge in [-0.25, -0.2) is 9.59 Å². The van der Waals surface area contributed by atoms with Crippen molar-refractivity contribution in [1.29, 1.82) is 0 Å². The van der Waals surface area contributed by atoms with Gasteiger partial charge in [0.2, 0.25) is 0 Å². The fourth-order valence-corrected chi connectivity index (χ4v) is 4.00. The second-order valence-corrected chi connectivity index (χ2v) is 7.59. The SMILES string of the molecule is CCOC(=O)c1sc(NC(=S)NC(=O)c2ccc(CC)cc2)c(C(=O)OCC)c1C. The van der Waals surface area contributed by atoms with Crippen LogP contribution < -0.4 is 10.6 Å². The van der Waals surface area contributed by atoms with Gasteiger partial charge in [0, 0.05) is 5.56 Å². The maximum absolute atomic E-state index is 12.4. The fourth-order valence-electron chi connectivity index (χ4n) is 2.64. The number of aryl methyl sites for hydroxylation is 1. The highest BCUT2D eigenvalue weighted by atomic mass is 32.1. The van der Waals surface area contributed by atoms with E-state index in [0.717, 1.165) is 23.3 Å². The second-order valence-electron chi connectivity index (χ2n) is 6.16. The summed E-state index contributed by atoms with van der Waals surface area (Å²) in [5, 5.41) is 5.73. The van der Waals surface area contributed by atoms with Crippen LogP contribution in [0.15, 0.2) is 24.3 Å². The molecule has 2 N–H and O–H groups in total. The second kappa shape index (κ2) is 10.8. The van der Waals surface area contributed by atoms with Crippen molar-refractivity contribution in [3.05, 3.63) is 51.4 Å². The van der Waals surface area contributed by atoms with Crippen LogP contribution in [-0.4, -0.2) is 36.2 Å². The Morgan fingerprint density at radius 3 is 2.17 bits per heavy atom. The number of nitrogens with one attached hydrogen (secondary N) is 2. The number of thiophene rings is 1. The van der Waals surface area contributed by atoms with Crippen molar-refractivity contribution in [3.63, 3.8) is 0 Å². The lowest BCUT2D eigenvalue weighted by atomic mass is 10.1. The summed E-state index contributed by atoms with van der Waals surface area (Å²) in [5.41, 5.74) is 2.20. The Hall–Kier alpha value is -2.78. The molecule has 1 aromatic carbocycles. The Morgan fingerprint density at radius 1 is 1.00 bits per heavy atom. The smallest absolute Gasteiger partial charge is 0.348 e. The van der Waals surface area contributed by atoms with Gasteiger partial charge in [-0.2, -0.15) is 0 Å². The molecule has 0 fully saturated rings. The van der Waals surface area contributed by atoms with Gasteiger partial charge < -0.3 is 14.8 Å². The Bertz CT molecular complexity index is 951. The molecule has 7 nitrogen and oxygen atoms in total. The number of thiocarbonyl (C=S) groups is 1. The molecular weight excluding hydrogens is 424 g/mol. The molecule has 160 valence electrons. The van der Waals surface area contributed by atoms with E-state index in [1.807, 2.05) is 19.1 Å². The van der Waals surface area contributed by atoms with E-state index in [2.05, 4.69) is 10.6 Å². The summed E-state index contributed by atoms with van der Waals surface area (Å²) in [7, 11) is 0. The molecule has 0 saturated carbocycles. The molecule has 0 unspecified atom stereocenters. The molecule has 2 rings (SSSR count). The average molecular weight is 449 g/mol. The molecule has 0 saturated heterocycles. The number of benzene rings is 1. The van der Waals surface area contributed by atoms with Gasteiger partial charge in [-0.15, -0.1) is 11.3 Å². The topological polar surface area (TPSA) is 93.7 Å². The molecule has 0 spiro atoms. The summed E-state index contributed by atoms with van der Waals surface area (Å²) in [6.45, 7) is 7.44. The molecular formula is C21H24N2O5S2. The first-order valence-corrected chi connectivity index (χ1v) is 10.7. The van der Waals surface area contributed by atoms with E-state index in [9.17, 15) is 14.4 Å². The molecule has 9 heteroatoms. The molecule has 0 aliphatic rings. The molecule has 0 atom stereocenters. The van der Waals surface area contributed by atoms with Crippen LogP contribution in [0.1, 0.15) is 62.3 Å². The number of carbonyl (C=O) groups excluding carboxylic acids is 3. The van der Waals surface area contributed by atoms with E-state index < -0.39 is 11.9 Å². The number of ether oxygens (including phenoxy) is 2. The lowest BCUT2D eigenvalue weighted by Gasteiger charge is -2.10. The maximum Gasteiger partial charge on any atom is 0.348 e. The van der Waals surface area contributed by atoms with Crippen molar-refractivity contribution in [3.8, 4) is 0 Å². The Labute approximate surface area is 184 Å². The van der Waals surface area contributed by atoms with E-state index >= 15 is 0 Å². The van der Waals surface area contributed by atoms with Crippen molar-refractivity contribution in [2.24, 2.45) is 0 Å². The maximum atomic E-state index is 12.4. The summed E-state index contributed by atoms with van der Waals surface area (Å²) >= 11 is 6.26. The first kappa shape index (κ1) is 23.5. The fraction of sp³-hybridized carbons (Fsp3) is 0.333. The van der Waals surface area contributed by atoms with Gasteiger partial charge in [0.1, 0.15) is 9.88 Å². The van der Waals surface area contributed by atoms with Crippen LogP contribution in [0.4, 0.5) is 5.00 Å². The molecule has 0 bridgehead atoms. The predicted octanol–water partition coefficient (Wildman–Crippen LogP) is 4.10. The Balaban J connectivity index is 2.23. The minimum absolute atomic E-state index is 0.00164. The quantitative estimate of drug-likeness (QED) is 0.486. The van der Waals surface area contributed by atoms with Gasteiger partial charge >= 0.3 is 11.9 Å². The standard InChI is InChI=1S/C21H24N2O5S2/c1-5-13-8-10-14(11-9-13)17(24)22-21(29)23-18-15(19(25)27-6-2)12(4)16(30-18)20(26)28-7-3/h8-11H,5-7H2,1-4H3,(H2,22,23,24,29). The molecule has 1 aromatic heterocycles. The molecule has 2 aromatic rings. The van der Waals surface area contributed by atoms with Crippen LogP contribution in [-0.2, 0) is 15.9 Å². The normalized spacial score (nSPS) is 10.3. The van der Waals surface area contributed by atoms with Crippen molar-refractivity contribution in [2.45, 2.75) is 34.1 Å². The number of rotatable bonds is 7. The number of amides is 1. The summed E-state index contributed by atoms with van der Waals surface area (Å²) < 4.78 is 10.2. The number of anilines is 1. The third-order valence-electron chi connectivity index (χ3n) is 4.17. The summed E-state index contributed by atoms with van der Waals surface area (Å²) in [5.74, 6) is -1.51.